The normalized spacial score (nSPS) is 9.90. The van der Waals surface area contributed by atoms with E-state index in [1.165, 1.54) is 12.1 Å². The molecule has 31 heavy (non-hydrogen) atoms. The van der Waals surface area contributed by atoms with E-state index in [-0.39, 0.29) is 18.3 Å². The van der Waals surface area contributed by atoms with Gasteiger partial charge in [-0.2, -0.15) is 0 Å². The van der Waals surface area contributed by atoms with Gasteiger partial charge in [0.05, 0.1) is 22.9 Å². The van der Waals surface area contributed by atoms with Gasteiger partial charge in [0.25, 0.3) is 11.8 Å². The maximum atomic E-state index is 12.2. The Morgan fingerprint density at radius 3 is 2.32 bits per heavy atom. The lowest BCUT2D eigenvalue weighted by Crippen LogP contribution is -2.49. The summed E-state index contributed by atoms with van der Waals surface area (Å²) in [4.78, 5) is 35.7. The molecule has 0 saturated heterocycles. The number of hydrogen-bond donors (Lipinski definition) is 3. The fraction of sp³-hybridized carbons (Fsp3) is 0.200. The van der Waals surface area contributed by atoms with E-state index < -0.39 is 17.8 Å². The number of amides is 2. The lowest BCUT2D eigenvalue weighted by molar-refractivity contribution is -0.123. The van der Waals surface area contributed by atoms with E-state index in [9.17, 15) is 14.4 Å². The van der Waals surface area contributed by atoms with Crippen molar-refractivity contribution >= 4 is 57.7 Å². The third-order valence-electron chi connectivity index (χ3n) is 3.69. The Morgan fingerprint density at radius 1 is 1.03 bits per heavy atom. The lowest BCUT2D eigenvalue weighted by atomic mass is 10.2. The summed E-state index contributed by atoms with van der Waals surface area (Å²) in [6, 6.07) is 11.1. The van der Waals surface area contributed by atoms with E-state index in [0.29, 0.717) is 22.6 Å². The predicted molar refractivity (Wildman–Crippen MR) is 125 cm³/mol. The first-order chi connectivity index (χ1) is 14.8. The van der Waals surface area contributed by atoms with Gasteiger partial charge in [-0.05, 0) is 84.2 Å². The Bertz CT molecular complexity index is 968. The topological polar surface area (TPSA) is 115 Å². The summed E-state index contributed by atoms with van der Waals surface area (Å²) in [6.07, 6.45) is 0. The molecule has 0 radical (unpaired) electrons. The van der Waals surface area contributed by atoms with Crippen LogP contribution < -0.4 is 25.6 Å². The highest BCUT2D eigenvalue weighted by Gasteiger charge is 2.11. The fourth-order valence-electron chi connectivity index (χ4n) is 2.23. The summed E-state index contributed by atoms with van der Waals surface area (Å²) in [5.41, 5.74) is 5.51. The number of ether oxygens (including phenoxy) is 3. The van der Waals surface area contributed by atoms with Crippen molar-refractivity contribution in [1.29, 1.82) is 0 Å². The third kappa shape index (κ3) is 7.68. The maximum Gasteiger partial charge on any atom is 0.338 e. The number of carbonyl (C=O) groups excluding carboxylic acids is 3. The quantitative estimate of drug-likeness (QED) is 0.206. The minimum atomic E-state index is -0.523. The number of benzene rings is 2. The monoisotopic (exact) mass is 557 g/mol. The zero-order valence-electron chi connectivity index (χ0n) is 16.7. The fourth-order valence-corrected chi connectivity index (χ4v) is 3.11. The molecule has 9 nitrogen and oxygen atoms in total. The molecule has 0 heterocycles. The smallest absolute Gasteiger partial charge is 0.338 e. The molecule has 0 spiro atoms. The zero-order chi connectivity index (χ0) is 22.8. The summed E-state index contributed by atoms with van der Waals surface area (Å²) in [6.45, 7) is 1.70. The molecule has 164 valence electrons. The Kier molecular flexibility index (Phi) is 9.46. The van der Waals surface area contributed by atoms with Crippen LogP contribution in [0.4, 0.5) is 0 Å². The third-order valence-corrected chi connectivity index (χ3v) is 4.74. The van der Waals surface area contributed by atoms with Gasteiger partial charge in [-0.15, -0.1) is 0 Å². The number of hydrazine groups is 1. The number of thiocarbonyl (C=S) groups is 1. The van der Waals surface area contributed by atoms with Crippen LogP contribution in [0.15, 0.2) is 42.5 Å². The molecule has 0 aliphatic rings. The second-order valence-electron chi connectivity index (χ2n) is 5.84. The molecular weight excluding hydrogens is 537 g/mol. The van der Waals surface area contributed by atoms with E-state index in [1.54, 1.807) is 44.4 Å². The van der Waals surface area contributed by atoms with E-state index >= 15 is 0 Å². The van der Waals surface area contributed by atoms with Crippen molar-refractivity contribution in [3.05, 3.63) is 57.2 Å². The van der Waals surface area contributed by atoms with E-state index in [4.69, 9.17) is 26.4 Å². The van der Waals surface area contributed by atoms with Crippen molar-refractivity contribution in [2.24, 2.45) is 0 Å². The average Bonchev–Trinajstić information content (AvgIpc) is 2.76. The summed E-state index contributed by atoms with van der Waals surface area (Å²) in [5.74, 6) is -0.347. The first-order valence-electron chi connectivity index (χ1n) is 8.97. The van der Waals surface area contributed by atoms with Gasteiger partial charge in [-0.25, -0.2) is 4.79 Å². The summed E-state index contributed by atoms with van der Waals surface area (Å²) in [7, 11) is 1.54. The zero-order valence-corrected chi connectivity index (χ0v) is 19.7. The van der Waals surface area contributed by atoms with Crippen molar-refractivity contribution in [2.45, 2.75) is 6.92 Å². The van der Waals surface area contributed by atoms with Crippen molar-refractivity contribution in [1.82, 2.24) is 16.2 Å². The molecule has 2 amide bonds. The van der Waals surface area contributed by atoms with E-state index in [2.05, 4.69) is 38.8 Å². The molecule has 0 aliphatic heterocycles. The van der Waals surface area contributed by atoms with Gasteiger partial charge >= 0.3 is 5.97 Å². The van der Waals surface area contributed by atoms with Gasteiger partial charge in [0, 0.05) is 5.56 Å². The van der Waals surface area contributed by atoms with Crippen LogP contribution in [0.1, 0.15) is 27.6 Å². The highest BCUT2D eigenvalue weighted by molar-refractivity contribution is 14.1. The number of carbonyl (C=O) groups is 3. The van der Waals surface area contributed by atoms with E-state index in [1.807, 2.05) is 0 Å². The van der Waals surface area contributed by atoms with Crippen LogP contribution >= 0.6 is 34.8 Å². The van der Waals surface area contributed by atoms with Crippen molar-refractivity contribution in [3.63, 3.8) is 0 Å². The van der Waals surface area contributed by atoms with Gasteiger partial charge in [-0.1, -0.05) is 0 Å². The number of rotatable bonds is 7. The Labute approximate surface area is 197 Å². The predicted octanol–water partition coefficient (Wildman–Crippen LogP) is 2.19. The van der Waals surface area contributed by atoms with Crippen molar-refractivity contribution in [2.75, 3.05) is 20.3 Å². The molecule has 0 atom stereocenters. The second-order valence-corrected chi connectivity index (χ2v) is 7.41. The number of nitrogens with one attached hydrogen (secondary N) is 3. The number of halogens is 1. The first kappa shape index (κ1) is 24.3. The van der Waals surface area contributed by atoms with Crippen LogP contribution in [0.3, 0.4) is 0 Å². The minimum absolute atomic E-state index is 0.0806. The molecule has 0 bridgehead atoms. The SMILES string of the molecule is CCOC(=O)c1ccc(OCC(=O)NNC(=S)NC(=O)c2ccc(OC)c(I)c2)cc1. The highest BCUT2D eigenvalue weighted by atomic mass is 127. The van der Waals surface area contributed by atoms with Crippen molar-refractivity contribution in [3.8, 4) is 11.5 Å². The second kappa shape index (κ2) is 12.1. The molecule has 2 rings (SSSR count). The molecule has 11 heteroatoms. The molecule has 0 unspecified atom stereocenters. The van der Waals surface area contributed by atoms with Crippen LogP contribution in [0.5, 0.6) is 11.5 Å². The Hall–Kier alpha value is -2.93. The average molecular weight is 557 g/mol. The van der Waals surface area contributed by atoms with Gasteiger partial charge in [0.2, 0.25) is 0 Å². The Balaban J connectivity index is 1.75. The van der Waals surface area contributed by atoms with Crippen LogP contribution in [-0.4, -0.2) is 43.2 Å². The van der Waals surface area contributed by atoms with Crippen LogP contribution in [0.2, 0.25) is 0 Å². The van der Waals surface area contributed by atoms with Crippen molar-refractivity contribution < 1.29 is 28.6 Å². The molecule has 0 aromatic heterocycles. The standard InChI is InChI=1S/C20H20IN3O6S/c1-3-29-19(27)12-4-7-14(8-5-12)30-11-17(25)23-24-20(31)22-18(26)13-6-9-16(28-2)15(21)10-13/h4-10H,3,11H2,1-2H3,(H,23,25)(H2,22,24,26,31). The molecule has 2 aromatic carbocycles. The van der Waals surface area contributed by atoms with Crippen LogP contribution in [-0.2, 0) is 9.53 Å². The molecular formula is C20H20IN3O6S. The number of methoxy groups -OCH3 is 1. The highest BCUT2D eigenvalue weighted by Crippen LogP contribution is 2.21. The van der Waals surface area contributed by atoms with E-state index in [0.717, 1.165) is 3.57 Å². The van der Waals surface area contributed by atoms with Gasteiger partial charge in [-0.3, -0.25) is 25.8 Å². The molecule has 3 N–H and O–H groups in total. The minimum Gasteiger partial charge on any atom is -0.496 e. The number of esters is 1. The summed E-state index contributed by atoms with van der Waals surface area (Å²) in [5, 5.41) is 2.37. The molecule has 2 aromatic rings. The maximum absolute atomic E-state index is 12.2. The Morgan fingerprint density at radius 2 is 1.71 bits per heavy atom. The first-order valence-corrected chi connectivity index (χ1v) is 10.5. The largest absolute Gasteiger partial charge is 0.496 e. The van der Waals surface area contributed by atoms with Gasteiger partial charge in [0.15, 0.2) is 11.7 Å². The van der Waals surface area contributed by atoms with Crippen LogP contribution in [0, 0.1) is 3.57 Å². The summed E-state index contributed by atoms with van der Waals surface area (Å²) >= 11 is 7.05. The van der Waals surface area contributed by atoms with Gasteiger partial charge < -0.3 is 14.2 Å². The van der Waals surface area contributed by atoms with Gasteiger partial charge in [0.1, 0.15) is 11.5 Å². The molecule has 0 saturated carbocycles. The van der Waals surface area contributed by atoms with Crippen LogP contribution in [0.25, 0.3) is 0 Å². The molecule has 0 aliphatic carbocycles. The molecule has 0 fully saturated rings. The number of hydrogen-bond acceptors (Lipinski definition) is 7. The lowest BCUT2D eigenvalue weighted by Gasteiger charge is -2.12. The summed E-state index contributed by atoms with van der Waals surface area (Å²) < 4.78 is 16.1.